The van der Waals surface area contributed by atoms with Crippen molar-refractivity contribution in [1.82, 2.24) is 9.88 Å². The van der Waals surface area contributed by atoms with Crippen molar-refractivity contribution in [3.8, 4) is 17.2 Å². The maximum atomic E-state index is 13.4. The molecule has 1 saturated heterocycles. The molecular weight excluding hydrogens is 568 g/mol. The number of phenols is 1. The molecular formula is C37H40N2O6. The van der Waals surface area contributed by atoms with Gasteiger partial charge in [0.2, 0.25) is 0 Å². The number of carbonyl (C=O) groups excluding carboxylic acids is 1. The van der Waals surface area contributed by atoms with Gasteiger partial charge in [-0.3, -0.25) is 9.88 Å². The zero-order valence-electron chi connectivity index (χ0n) is 26.4. The van der Waals surface area contributed by atoms with Gasteiger partial charge in [-0.25, -0.2) is 4.79 Å². The first kappa shape index (κ1) is 30.5. The lowest BCUT2D eigenvalue weighted by Gasteiger charge is -2.36. The number of aromatic nitrogens is 1. The Balaban J connectivity index is 1.50. The molecule has 1 N–H and O–H groups in total. The van der Waals surface area contributed by atoms with E-state index < -0.39 is 5.97 Å². The average molecular weight is 609 g/mol. The molecule has 5 aromatic rings. The Labute approximate surface area is 263 Å². The topological polar surface area (TPSA) is 94.3 Å². The third-order valence-electron chi connectivity index (χ3n) is 8.89. The summed E-state index contributed by atoms with van der Waals surface area (Å²) in [4.78, 5) is 20.1. The molecule has 0 amide bonds. The van der Waals surface area contributed by atoms with Crippen LogP contribution in [0.4, 0.5) is 0 Å². The Morgan fingerprint density at radius 3 is 2.56 bits per heavy atom. The highest BCUT2D eigenvalue weighted by molar-refractivity contribution is 6.17. The number of hydrogen-bond donors (Lipinski definition) is 1. The molecule has 0 radical (unpaired) electrons. The van der Waals surface area contributed by atoms with E-state index in [4.69, 9.17) is 18.6 Å². The number of aromatic hydroxyl groups is 1. The normalized spacial score (nSPS) is 14.5. The number of fused-ring (bicyclic) bond motifs is 3. The maximum absolute atomic E-state index is 13.4. The SMILES string of the molecule is CCOC(=O)c1c(C)oc2c1c(C(c1ccncc1)N1CCCCC1)c(O)c1cc(OCCc3cccc(OC)c3C)ccc12. The fourth-order valence-electron chi connectivity index (χ4n) is 6.69. The van der Waals surface area contributed by atoms with E-state index in [1.54, 1.807) is 33.4 Å². The number of ether oxygens (including phenoxy) is 3. The molecule has 2 aromatic heterocycles. The first-order valence-electron chi connectivity index (χ1n) is 15.7. The molecule has 0 spiro atoms. The van der Waals surface area contributed by atoms with E-state index in [-0.39, 0.29) is 18.4 Å². The monoisotopic (exact) mass is 608 g/mol. The Kier molecular flexibility index (Phi) is 8.94. The van der Waals surface area contributed by atoms with Crippen molar-refractivity contribution in [2.45, 2.75) is 52.5 Å². The van der Waals surface area contributed by atoms with Crippen LogP contribution < -0.4 is 9.47 Å². The van der Waals surface area contributed by atoms with Gasteiger partial charge in [0, 0.05) is 40.5 Å². The highest BCUT2D eigenvalue weighted by Gasteiger charge is 2.34. The van der Waals surface area contributed by atoms with Gasteiger partial charge >= 0.3 is 5.97 Å². The third kappa shape index (κ3) is 5.82. The Morgan fingerprint density at radius 1 is 1.04 bits per heavy atom. The minimum atomic E-state index is -0.464. The summed E-state index contributed by atoms with van der Waals surface area (Å²) in [6, 6.07) is 15.3. The molecule has 1 atom stereocenters. The number of furan rings is 1. The highest BCUT2D eigenvalue weighted by atomic mass is 16.5. The zero-order chi connectivity index (χ0) is 31.5. The highest BCUT2D eigenvalue weighted by Crippen LogP contribution is 2.48. The number of benzene rings is 3. The standard InChI is InChI=1S/C37H40N2O6/c1-5-43-37(41)31-24(3)45-36-28-13-12-27(44-21-16-25-10-9-11-30(42-4)23(25)2)22-29(28)35(40)33(32(31)36)34(26-14-17-38-18-15-26)39-19-7-6-8-20-39/h9-15,17-18,22,34,40H,5-8,16,19-21H2,1-4H3. The molecule has 1 aliphatic rings. The number of esters is 1. The molecule has 1 unspecified atom stereocenters. The fraction of sp³-hybridized carbons (Fsp3) is 0.351. The largest absolute Gasteiger partial charge is 0.507 e. The van der Waals surface area contributed by atoms with Gasteiger partial charge in [-0.05, 0) is 99.8 Å². The van der Waals surface area contributed by atoms with Crippen molar-refractivity contribution < 1.29 is 28.5 Å². The van der Waals surface area contributed by atoms with Gasteiger partial charge in [-0.1, -0.05) is 18.6 Å². The molecule has 0 bridgehead atoms. The second-order valence-electron chi connectivity index (χ2n) is 11.6. The predicted octanol–water partition coefficient (Wildman–Crippen LogP) is 7.69. The molecule has 0 saturated carbocycles. The smallest absolute Gasteiger partial charge is 0.342 e. The average Bonchev–Trinajstić information content (AvgIpc) is 3.41. The van der Waals surface area contributed by atoms with E-state index in [9.17, 15) is 9.90 Å². The maximum Gasteiger partial charge on any atom is 0.342 e. The molecule has 6 rings (SSSR count). The van der Waals surface area contributed by atoms with Crippen LogP contribution >= 0.6 is 0 Å². The van der Waals surface area contributed by atoms with Crippen molar-refractivity contribution in [3.63, 3.8) is 0 Å². The molecule has 8 heteroatoms. The van der Waals surface area contributed by atoms with E-state index in [0.717, 1.165) is 54.8 Å². The lowest BCUT2D eigenvalue weighted by Crippen LogP contribution is -2.34. The van der Waals surface area contributed by atoms with E-state index in [2.05, 4.69) is 16.0 Å². The number of carbonyl (C=O) groups is 1. The van der Waals surface area contributed by atoms with Gasteiger partial charge in [-0.2, -0.15) is 0 Å². The summed E-state index contributed by atoms with van der Waals surface area (Å²) in [5.41, 5.74) is 4.77. The number of methoxy groups -OCH3 is 1. The second kappa shape index (κ2) is 13.2. The van der Waals surface area contributed by atoms with E-state index >= 15 is 0 Å². The number of aryl methyl sites for hydroxylation is 1. The van der Waals surface area contributed by atoms with Gasteiger partial charge in [0.25, 0.3) is 0 Å². The van der Waals surface area contributed by atoms with Crippen LogP contribution in [0.3, 0.4) is 0 Å². The molecule has 0 aliphatic carbocycles. The number of rotatable bonds is 10. The molecule has 234 valence electrons. The number of pyridine rings is 1. The van der Waals surface area contributed by atoms with Crippen LogP contribution in [0.1, 0.15) is 70.6 Å². The first-order chi connectivity index (χ1) is 21.9. The lowest BCUT2D eigenvalue weighted by atomic mass is 9.88. The molecule has 3 heterocycles. The lowest BCUT2D eigenvalue weighted by molar-refractivity contribution is 0.0526. The minimum absolute atomic E-state index is 0.102. The third-order valence-corrected chi connectivity index (χ3v) is 8.89. The van der Waals surface area contributed by atoms with E-state index in [1.807, 2.05) is 49.4 Å². The van der Waals surface area contributed by atoms with Crippen LogP contribution in [0.5, 0.6) is 17.2 Å². The molecule has 8 nitrogen and oxygen atoms in total. The van der Waals surface area contributed by atoms with Crippen LogP contribution in [0.2, 0.25) is 0 Å². The van der Waals surface area contributed by atoms with Crippen molar-refractivity contribution in [2.24, 2.45) is 0 Å². The van der Waals surface area contributed by atoms with Crippen molar-refractivity contribution in [3.05, 3.63) is 94.5 Å². The van der Waals surface area contributed by atoms with Gasteiger partial charge in [0.1, 0.15) is 34.2 Å². The zero-order valence-corrected chi connectivity index (χ0v) is 26.4. The minimum Gasteiger partial charge on any atom is -0.507 e. The summed E-state index contributed by atoms with van der Waals surface area (Å²) >= 11 is 0. The number of phenolic OH excluding ortho intramolecular Hbond substituents is 1. The van der Waals surface area contributed by atoms with Crippen LogP contribution in [-0.4, -0.2) is 54.4 Å². The molecule has 3 aromatic carbocycles. The molecule has 1 aliphatic heterocycles. The Bertz CT molecular complexity index is 1820. The summed E-state index contributed by atoms with van der Waals surface area (Å²) in [5.74, 6) is 1.58. The fourth-order valence-corrected chi connectivity index (χ4v) is 6.69. The quantitative estimate of drug-likeness (QED) is 0.161. The number of piperidine rings is 1. The van der Waals surface area contributed by atoms with Crippen LogP contribution in [0.15, 0.2) is 65.3 Å². The van der Waals surface area contributed by atoms with E-state index in [0.29, 0.717) is 57.4 Å². The summed E-state index contributed by atoms with van der Waals surface area (Å²) in [6.45, 7) is 8.03. The number of likely N-dealkylation sites (tertiary alicyclic amines) is 1. The molecule has 45 heavy (non-hydrogen) atoms. The van der Waals surface area contributed by atoms with Gasteiger partial charge in [0.05, 0.1) is 26.4 Å². The van der Waals surface area contributed by atoms with Gasteiger partial charge in [0.15, 0.2) is 0 Å². The van der Waals surface area contributed by atoms with Gasteiger partial charge < -0.3 is 23.7 Å². The number of hydrogen-bond acceptors (Lipinski definition) is 8. The first-order valence-corrected chi connectivity index (χ1v) is 15.7. The summed E-state index contributed by atoms with van der Waals surface area (Å²) in [6.07, 6.45) is 7.51. The van der Waals surface area contributed by atoms with Crippen LogP contribution in [0.25, 0.3) is 21.7 Å². The van der Waals surface area contributed by atoms with Crippen molar-refractivity contribution >= 4 is 27.7 Å². The summed E-state index contributed by atoms with van der Waals surface area (Å²) in [5, 5.41) is 14.2. The van der Waals surface area contributed by atoms with Crippen molar-refractivity contribution in [2.75, 3.05) is 33.4 Å². The predicted molar refractivity (Wildman–Crippen MR) is 175 cm³/mol. The Morgan fingerprint density at radius 2 is 1.82 bits per heavy atom. The number of nitrogens with zero attached hydrogens (tertiary/aromatic N) is 2. The summed E-state index contributed by atoms with van der Waals surface area (Å²) in [7, 11) is 1.68. The van der Waals surface area contributed by atoms with Gasteiger partial charge in [-0.15, -0.1) is 0 Å². The summed E-state index contributed by atoms with van der Waals surface area (Å²) < 4.78 is 23.6. The van der Waals surface area contributed by atoms with Crippen LogP contribution in [0, 0.1) is 13.8 Å². The Hall–Kier alpha value is -4.56. The van der Waals surface area contributed by atoms with E-state index in [1.165, 1.54) is 0 Å². The molecule has 1 fully saturated rings. The van der Waals surface area contributed by atoms with Crippen molar-refractivity contribution in [1.29, 1.82) is 0 Å². The second-order valence-corrected chi connectivity index (χ2v) is 11.6. The van der Waals surface area contributed by atoms with Crippen LogP contribution in [-0.2, 0) is 11.2 Å².